The van der Waals surface area contributed by atoms with E-state index in [0.717, 1.165) is 25.0 Å². The SMILES string of the molecule is O=C(NC1CC1)C1=Cc2c(ncnc2Nc2ccc(Oc3cccc(C(F)(F)F)c3)c(Cl)c2)NCC1. The number of nitrogens with zero attached hydrogens (tertiary/aromatic N) is 2. The molecule has 1 aliphatic carbocycles. The second-order valence-electron chi connectivity index (χ2n) is 8.48. The van der Waals surface area contributed by atoms with Gasteiger partial charge in [0.05, 0.1) is 16.1 Å². The predicted molar refractivity (Wildman–Crippen MR) is 131 cm³/mol. The van der Waals surface area contributed by atoms with E-state index in [2.05, 4.69) is 25.9 Å². The van der Waals surface area contributed by atoms with E-state index in [0.29, 0.717) is 41.4 Å². The first-order valence-electron chi connectivity index (χ1n) is 11.3. The molecule has 11 heteroatoms. The fraction of sp³-hybridized carbons (Fsp3) is 0.240. The predicted octanol–water partition coefficient (Wildman–Crippen LogP) is 6.16. The molecule has 7 nitrogen and oxygen atoms in total. The minimum atomic E-state index is -4.48. The lowest BCUT2D eigenvalue weighted by Crippen LogP contribution is -2.27. The van der Waals surface area contributed by atoms with Crippen molar-refractivity contribution in [2.75, 3.05) is 17.2 Å². The molecule has 1 amide bonds. The highest BCUT2D eigenvalue weighted by Crippen LogP contribution is 2.36. The van der Waals surface area contributed by atoms with Gasteiger partial charge >= 0.3 is 6.18 Å². The summed E-state index contributed by atoms with van der Waals surface area (Å²) in [6.45, 7) is 0.556. The van der Waals surface area contributed by atoms with Gasteiger partial charge in [-0.05, 0) is 61.7 Å². The molecule has 0 atom stereocenters. The summed E-state index contributed by atoms with van der Waals surface area (Å²) < 4.78 is 44.5. The van der Waals surface area contributed by atoms with Crippen LogP contribution in [0.25, 0.3) is 6.08 Å². The molecule has 2 aromatic carbocycles. The van der Waals surface area contributed by atoms with Gasteiger partial charge in [-0.1, -0.05) is 17.7 Å². The molecule has 1 aromatic heterocycles. The molecule has 3 N–H and O–H groups in total. The average molecular weight is 516 g/mol. The zero-order chi connectivity index (χ0) is 25.3. The number of ether oxygens (including phenoxy) is 1. The van der Waals surface area contributed by atoms with Crippen molar-refractivity contribution in [1.82, 2.24) is 15.3 Å². The van der Waals surface area contributed by atoms with Gasteiger partial charge in [-0.15, -0.1) is 0 Å². The molecule has 1 saturated carbocycles. The topological polar surface area (TPSA) is 88.2 Å². The van der Waals surface area contributed by atoms with Gasteiger partial charge in [0.1, 0.15) is 29.5 Å². The number of hydrogen-bond acceptors (Lipinski definition) is 6. The molecule has 0 saturated heterocycles. The Labute approximate surface area is 209 Å². The molecule has 0 radical (unpaired) electrons. The zero-order valence-electron chi connectivity index (χ0n) is 18.8. The first kappa shape index (κ1) is 23.9. The minimum absolute atomic E-state index is 0.0155. The van der Waals surface area contributed by atoms with E-state index in [1.54, 1.807) is 24.3 Å². The van der Waals surface area contributed by atoms with Crippen molar-refractivity contribution in [3.63, 3.8) is 0 Å². The van der Waals surface area contributed by atoms with Crippen LogP contribution in [0, 0.1) is 0 Å². The Morgan fingerprint density at radius 1 is 1.14 bits per heavy atom. The van der Waals surface area contributed by atoms with Crippen LogP contribution >= 0.6 is 11.6 Å². The van der Waals surface area contributed by atoms with E-state index >= 15 is 0 Å². The van der Waals surface area contributed by atoms with Gasteiger partial charge in [-0.3, -0.25) is 4.79 Å². The van der Waals surface area contributed by atoms with Gasteiger partial charge in [-0.2, -0.15) is 13.2 Å². The molecule has 0 spiro atoms. The lowest BCUT2D eigenvalue weighted by molar-refractivity contribution is -0.137. The second kappa shape index (κ2) is 9.69. The molecule has 5 rings (SSSR count). The van der Waals surface area contributed by atoms with Crippen LogP contribution in [0.4, 0.5) is 30.5 Å². The van der Waals surface area contributed by atoms with Crippen LogP contribution in [0.5, 0.6) is 11.5 Å². The number of benzene rings is 2. The summed E-state index contributed by atoms with van der Waals surface area (Å²) in [5.41, 5.74) is 1.02. The maximum Gasteiger partial charge on any atom is 0.416 e. The highest BCUT2D eigenvalue weighted by molar-refractivity contribution is 6.32. The summed E-state index contributed by atoms with van der Waals surface area (Å²) in [6, 6.07) is 9.61. The van der Waals surface area contributed by atoms with Crippen molar-refractivity contribution >= 4 is 40.9 Å². The maximum atomic E-state index is 13.0. The van der Waals surface area contributed by atoms with Crippen LogP contribution in [0.2, 0.25) is 5.02 Å². The lowest BCUT2D eigenvalue weighted by atomic mass is 10.1. The van der Waals surface area contributed by atoms with Gasteiger partial charge in [-0.25, -0.2) is 9.97 Å². The van der Waals surface area contributed by atoms with Gasteiger partial charge in [0.15, 0.2) is 0 Å². The van der Waals surface area contributed by atoms with Crippen molar-refractivity contribution < 1.29 is 22.7 Å². The van der Waals surface area contributed by atoms with Crippen molar-refractivity contribution in [1.29, 1.82) is 0 Å². The lowest BCUT2D eigenvalue weighted by Gasteiger charge is -2.14. The number of hydrogen-bond donors (Lipinski definition) is 3. The molecule has 36 heavy (non-hydrogen) atoms. The number of halogens is 4. The van der Waals surface area contributed by atoms with E-state index in [1.807, 2.05) is 0 Å². The molecule has 1 fully saturated rings. The van der Waals surface area contributed by atoms with Crippen LogP contribution in [0.15, 0.2) is 54.4 Å². The Hall–Kier alpha value is -3.79. The fourth-order valence-electron chi connectivity index (χ4n) is 3.68. The number of alkyl halides is 3. The van der Waals surface area contributed by atoms with Crippen LogP contribution in [0.1, 0.15) is 30.4 Å². The summed E-state index contributed by atoms with van der Waals surface area (Å²) in [5, 5.41) is 9.59. The molecule has 2 heterocycles. The second-order valence-corrected chi connectivity index (χ2v) is 8.88. The van der Waals surface area contributed by atoms with Crippen molar-refractivity contribution in [3.8, 4) is 11.5 Å². The quantitative estimate of drug-likeness (QED) is 0.364. The fourth-order valence-corrected chi connectivity index (χ4v) is 3.90. The number of anilines is 3. The highest BCUT2D eigenvalue weighted by atomic mass is 35.5. The number of nitrogens with one attached hydrogen (secondary N) is 3. The van der Waals surface area contributed by atoms with E-state index in [4.69, 9.17) is 16.3 Å². The summed E-state index contributed by atoms with van der Waals surface area (Å²) >= 11 is 6.37. The van der Waals surface area contributed by atoms with Crippen LogP contribution in [-0.4, -0.2) is 28.5 Å². The molecule has 2 aliphatic rings. The number of amides is 1. The Balaban J connectivity index is 1.37. The molecule has 0 unspecified atom stereocenters. The van der Waals surface area contributed by atoms with Crippen molar-refractivity contribution in [2.24, 2.45) is 0 Å². The normalized spacial score (nSPS) is 15.2. The number of aromatic nitrogens is 2. The molecular weight excluding hydrogens is 495 g/mol. The van der Waals surface area contributed by atoms with Crippen LogP contribution in [-0.2, 0) is 11.0 Å². The number of carbonyl (C=O) groups excluding carboxylic acids is 1. The molecule has 3 aromatic rings. The van der Waals surface area contributed by atoms with Crippen LogP contribution in [0.3, 0.4) is 0 Å². The third-order valence-electron chi connectivity index (χ3n) is 5.68. The molecular formula is C25H21ClF3N5O2. The molecule has 1 aliphatic heterocycles. The third kappa shape index (κ3) is 5.54. The summed E-state index contributed by atoms with van der Waals surface area (Å²) in [4.78, 5) is 21.2. The van der Waals surface area contributed by atoms with Crippen molar-refractivity contribution in [2.45, 2.75) is 31.5 Å². The van der Waals surface area contributed by atoms with Crippen LogP contribution < -0.4 is 20.7 Å². The Morgan fingerprint density at radius 2 is 1.97 bits per heavy atom. The Bertz CT molecular complexity index is 1340. The number of carbonyl (C=O) groups is 1. The molecule has 186 valence electrons. The largest absolute Gasteiger partial charge is 0.456 e. The highest BCUT2D eigenvalue weighted by Gasteiger charge is 2.30. The monoisotopic (exact) mass is 515 g/mol. The third-order valence-corrected chi connectivity index (χ3v) is 5.97. The first-order valence-corrected chi connectivity index (χ1v) is 11.7. The van der Waals surface area contributed by atoms with Gasteiger partial charge in [0, 0.05) is 23.8 Å². The standard InChI is InChI=1S/C25H21ClF3N5O2/c26-20-12-17(6-7-21(20)36-18-3-1-2-15(11-18)25(27,28)29)33-23-19-10-14(24(35)34-16-4-5-16)8-9-30-22(19)31-13-32-23/h1-3,6-7,10-13,16H,4-5,8-9H2,(H,34,35)(H2,30,31,32,33). The molecule has 0 bridgehead atoms. The van der Waals surface area contributed by atoms with Gasteiger partial charge < -0.3 is 20.7 Å². The zero-order valence-corrected chi connectivity index (χ0v) is 19.6. The minimum Gasteiger partial charge on any atom is -0.456 e. The Kier molecular flexibility index (Phi) is 6.44. The van der Waals surface area contributed by atoms with E-state index in [1.165, 1.54) is 18.5 Å². The summed E-state index contributed by atoms with van der Waals surface area (Å²) in [7, 11) is 0. The average Bonchev–Trinajstić information content (AvgIpc) is 3.67. The maximum absolute atomic E-state index is 13.0. The van der Waals surface area contributed by atoms with E-state index in [9.17, 15) is 18.0 Å². The van der Waals surface area contributed by atoms with Gasteiger partial charge in [0.2, 0.25) is 5.91 Å². The smallest absolute Gasteiger partial charge is 0.416 e. The summed E-state index contributed by atoms with van der Waals surface area (Å²) in [6.07, 6.45) is 1.25. The Morgan fingerprint density at radius 3 is 2.72 bits per heavy atom. The number of fused-ring (bicyclic) bond motifs is 1. The van der Waals surface area contributed by atoms with Gasteiger partial charge in [0.25, 0.3) is 0 Å². The van der Waals surface area contributed by atoms with Crippen molar-refractivity contribution in [3.05, 3.63) is 70.5 Å². The summed E-state index contributed by atoms with van der Waals surface area (Å²) in [5.74, 6) is 1.18. The van der Waals surface area contributed by atoms with E-state index in [-0.39, 0.29) is 28.5 Å². The first-order chi connectivity index (χ1) is 17.3. The number of rotatable bonds is 6. The van der Waals surface area contributed by atoms with E-state index < -0.39 is 11.7 Å².